The molecule has 7 atom stereocenters. The van der Waals surface area contributed by atoms with Crippen molar-refractivity contribution in [2.24, 2.45) is 45.3 Å². The summed E-state index contributed by atoms with van der Waals surface area (Å²) in [6, 6.07) is 7.57. The second kappa shape index (κ2) is 8.69. The molecule has 4 heteroatoms. The van der Waals surface area contributed by atoms with Crippen LogP contribution in [-0.4, -0.2) is 11.6 Å². The molecule has 0 aliphatic heterocycles. The van der Waals surface area contributed by atoms with Crippen LogP contribution in [0.1, 0.15) is 91.1 Å². The van der Waals surface area contributed by atoms with Crippen LogP contribution in [-0.2, 0) is 9.59 Å². The van der Waals surface area contributed by atoms with Crippen LogP contribution in [0.25, 0.3) is 12.2 Å². The minimum Gasteiger partial charge on any atom is -0.465 e. The number of Topliss-reactive ketones (excluding diaryl/α,β-unsaturated/α-hetero) is 1. The van der Waals surface area contributed by atoms with E-state index in [1.165, 1.54) is 0 Å². The van der Waals surface area contributed by atoms with Gasteiger partial charge in [0.1, 0.15) is 11.5 Å². The van der Waals surface area contributed by atoms with Gasteiger partial charge in [0.15, 0.2) is 11.6 Å². The molecule has 4 nitrogen and oxygen atoms in total. The molecule has 38 heavy (non-hydrogen) atoms. The number of furan rings is 2. The molecule has 4 fully saturated rings. The lowest BCUT2D eigenvalue weighted by atomic mass is 9.35. The van der Waals surface area contributed by atoms with Crippen LogP contribution >= 0.6 is 0 Å². The van der Waals surface area contributed by atoms with Crippen molar-refractivity contribution in [3.63, 3.8) is 0 Å². The predicted molar refractivity (Wildman–Crippen MR) is 149 cm³/mol. The van der Waals surface area contributed by atoms with Crippen LogP contribution in [0.15, 0.2) is 57.3 Å². The van der Waals surface area contributed by atoms with E-state index in [9.17, 15) is 9.59 Å². The van der Waals surface area contributed by atoms with Crippen LogP contribution in [0.2, 0.25) is 0 Å². The molecule has 0 saturated heterocycles. The smallest absolute Gasteiger partial charge is 0.164 e. The Labute approximate surface area is 226 Å². The Morgan fingerprint density at radius 3 is 2.24 bits per heavy atom. The van der Waals surface area contributed by atoms with Crippen molar-refractivity contribution in [1.82, 2.24) is 0 Å². The normalized spacial score (nSPS) is 41.2. The van der Waals surface area contributed by atoms with Gasteiger partial charge in [0.25, 0.3) is 0 Å². The van der Waals surface area contributed by atoms with E-state index in [1.54, 1.807) is 18.6 Å². The number of fused-ring (bicyclic) bond motifs is 5. The third-order valence-corrected chi connectivity index (χ3v) is 12.2. The number of rotatable bonds is 4. The third kappa shape index (κ3) is 3.54. The monoisotopic (exact) mass is 514 g/mol. The molecule has 2 heterocycles. The summed E-state index contributed by atoms with van der Waals surface area (Å²) >= 11 is 0. The molecule has 2 aromatic heterocycles. The van der Waals surface area contributed by atoms with E-state index >= 15 is 0 Å². The van der Waals surface area contributed by atoms with Crippen molar-refractivity contribution >= 4 is 23.7 Å². The molecule has 4 aliphatic rings. The molecule has 202 valence electrons. The molecular formula is C34H42O4. The molecule has 0 bridgehead atoms. The van der Waals surface area contributed by atoms with E-state index in [0.29, 0.717) is 17.8 Å². The van der Waals surface area contributed by atoms with E-state index in [0.717, 1.165) is 62.0 Å². The zero-order chi connectivity index (χ0) is 26.9. The average Bonchev–Trinajstić information content (AvgIpc) is 3.63. The van der Waals surface area contributed by atoms with Gasteiger partial charge in [-0.3, -0.25) is 9.59 Å². The van der Waals surface area contributed by atoms with Crippen molar-refractivity contribution in [2.75, 3.05) is 0 Å². The third-order valence-electron chi connectivity index (χ3n) is 12.2. The van der Waals surface area contributed by atoms with Crippen LogP contribution in [0.5, 0.6) is 0 Å². The fraction of sp³-hybridized carbons (Fsp3) is 0.588. The number of hydrogen-bond acceptors (Lipinski definition) is 4. The fourth-order valence-electron chi connectivity index (χ4n) is 10.3. The van der Waals surface area contributed by atoms with Gasteiger partial charge in [-0.2, -0.15) is 0 Å². The molecule has 2 aromatic rings. The highest BCUT2D eigenvalue weighted by Crippen LogP contribution is 2.75. The Morgan fingerprint density at radius 1 is 0.868 bits per heavy atom. The summed E-state index contributed by atoms with van der Waals surface area (Å²) in [6.45, 7) is 11.9. The van der Waals surface area contributed by atoms with Gasteiger partial charge in [0.2, 0.25) is 0 Å². The zero-order valence-electron chi connectivity index (χ0n) is 23.6. The number of hydrogen-bond donors (Lipinski definition) is 0. The Hall–Kier alpha value is -2.62. The lowest BCUT2D eigenvalue weighted by Gasteiger charge is -2.69. The van der Waals surface area contributed by atoms with Crippen molar-refractivity contribution in [3.8, 4) is 0 Å². The lowest BCUT2D eigenvalue weighted by molar-refractivity contribution is -0.196. The predicted octanol–water partition coefficient (Wildman–Crippen LogP) is 8.40. The van der Waals surface area contributed by atoms with Crippen LogP contribution in [0.3, 0.4) is 0 Å². The van der Waals surface area contributed by atoms with Gasteiger partial charge < -0.3 is 8.83 Å². The van der Waals surface area contributed by atoms with Gasteiger partial charge in [-0.15, -0.1) is 0 Å². The van der Waals surface area contributed by atoms with E-state index in [4.69, 9.17) is 8.83 Å². The maximum absolute atomic E-state index is 13.8. The summed E-state index contributed by atoms with van der Waals surface area (Å²) in [5.74, 6) is 3.43. The van der Waals surface area contributed by atoms with E-state index in [-0.39, 0.29) is 33.7 Å². The SMILES string of the molecule is CC1(C)C(=O)/C(=C\c2ccco2)C[C@]2(C)[C@H]3CC[C@@H]4[C@@H](C(=O)/C=C/c5ccco5)CC[C@@]4(C)[C@]3(C)CC[C@@H]12. The standard InChI is InChI=1S/C34H42O4/c1-31(2)28-15-17-34(5)29(32(28,3)21-22(30(31)36)20-24-9-7-19-38-24)13-11-26-25(14-16-33(26,34)4)27(35)12-10-23-8-6-18-37-23/h6-10,12,18-20,25-26,28-29H,11,13-17,21H2,1-5H3/b12-10+,22-20-/t25-,26+,28-,29+,32-,33+,34+/m0/s1. The van der Waals surface area contributed by atoms with Crippen molar-refractivity contribution in [1.29, 1.82) is 0 Å². The van der Waals surface area contributed by atoms with E-state index < -0.39 is 5.41 Å². The minimum atomic E-state index is -0.394. The van der Waals surface area contributed by atoms with Crippen molar-refractivity contribution < 1.29 is 18.4 Å². The topological polar surface area (TPSA) is 60.4 Å². The van der Waals surface area contributed by atoms with Gasteiger partial charge in [-0.1, -0.05) is 34.6 Å². The maximum atomic E-state index is 13.8. The Balaban J connectivity index is 1.32. The fourth-order valence-corrected chi connectivity index (χ4v) is 10.3. The summed E-state index contributed by atoms with van der Waals surface area (Å²) in [4.78, 5) is 27.2. The van der Waals surface area contributed by atoms with Crippen LogP contribution in [0, 0.1) is 45.3 Å². The summed E-state index contributed by atoms with van der Waals surface area (Å²) in [6.07, 6.45) is 16.2. The van der Waals surface area contributed by atoms with Gasteiger partial charge in [-0.25, -0.2) is 0 Å². The summed E-state index contributed by atoms with van der Waals surface area (Å²) in [7, 11) is 0. The number of allylic oxidation sites excluding steroid dienone is 2. The molecule has 0 aromatic carbocycles. The highest BCUT2D eigenvalue weighted by molar-refractivity contribution is 6.04. The minimum absolute atomic E-state index is 0.0398. The number of carbonyl (C=O) groups is 2. The Kier molecular flexibility index (Phi) is 5.87. The summed E-state index contributed by atoms with van der Waals surface area (Å²) < 4.78 is 11.0. The molecule has 4 saturated carbocycles. The maximum Gasteiger partial charge on any atom is 0.164 e. The molecule has 4 aliphatic carbocycles. The second-order valence-corrected chi connectivity index (χ2v) is 14.0. The molecule has 0 unspecified atom stereocenters. The van der Waals surface area contributed by atoms with Crippen molar-refractivity contribution in [3.05, 3.63) is 60.0 Å². The van der Waals surface area contributed by atoms with E-state index in [1.807, 2.05) is 36.4 Å². The number of carbonyl (C=O) groups excluding carboxylic acids is 2. The molecule has 0 radical (unpaired) electrons. The quantitative estimate of drug-likeness (QED) is 0.384. The Morgan fingerprint density at radius 2 is 1.55 bits per heavy atom. The lowest BCUT2D eigenvalue weighted by Crippen LogP contribution is -2.63. The molecule has 6 rings (SSSR count). The van der Waals surface area contributed by atoms with Gasteiger partial charge in [-0.05, 0) is 127 Å². The summed E-state index contributed by atoms with van der Waals surface area (Å²) in [5, 5.41) is 0. The summed E-state index contributed by atoms with van der Waals surface area (Å²) in [5.41, 5.74) is 0.836. The molecular weight excluding hydrogens is 472 g/mol. The molecule has 0 amide bonds. The first kappa shape index (κ1) is 25.6. The highest BCUT2D eigenvalue weighted by atomic mass is 16.3. The first-order valence-corrected chi connectivity index (χ1v) is 14.5. The van der Waals surface area contributed by atoms with Gasteiger partial charge >= 0.3 is 0 Å². The number of ketones is 2. The van der Waals surface area contributed by atoms with Crippen molar-refractivity contribution in [2.45, 2.75) is 79.6 Å². The second-order valence-electron chi connectivity index (χ2n) is 14.0. The molecule has 0 N–H and O–H groups in total. The first-order valence-electron chi connectivity index (χ1n) is 14.5. The largest absolute Gasteiger partial charge is 0.465 e. The first-order chi connectivity index (χ1) is 18.0. The highest BCUT2D eigenvalue weighted by Gasteiger charge is 2.69. The van der Waals surface area contributed by atoms with Gasteiger partial charge in [0, 0.05) is 11.3 Å². The Bertz CT molecular complexity index is 1280. The van der Waals surface area contributed by atoms with Crippen LogP contribution in [0.4, 0.5) is 0 Å². The molecule has 0 spiro atoms. The van der Waals surface area contributed by atoms with Crippen LogP contribution < -0.4 is 0 Å². The van der Waals surface area contributed by atoms with Gasteiger partial charge in [0.05, 0.1) is 12.5 Å². The average molecular weight is 515 g/mol. The van der Waals surface area contributed by atoms with E-state index in [2.05, 4.69) is 34.6 Å². The zero-order valence-corrected chi connectivity index (χ0v) is 23.6.